The third-order valence-corrected chi connectivity index (χ3v) is 5.46. The van der Waals surface area contributed by atoms with Crippen molar-refractivity contribution in [2.75, 3.05) is 11.4 Å². The van der Waals surface area contributed by atoms with Crippen molar-refractivity contribution in [3.8, 4) is 0 Å². The Morgan fingerprint density at radius 2 is 1.76 bits per heavy atom. The summed E-state index contributed by atoms with van der Waals surface area (Å²) in [5.41, 5.74) is 0.308. The van der Waals surface area contributed by atoms with Gasteiger partial charge in [0.1, 0.15) is 11.9 Å². The van der Waals surface area contributed by atoms with E-state index in [4.69, 9.17) is 0 Å². The molecule has 1 aromatic carbocycles. The molecule has 4 rings (SSSR count). The maximum Gasteiger partial charge on any atom is 0.329 e. The van der Waals surface area contributed by atoms with Crippen molar-refractivity contribution in [1.82, 2.24) is 10.2 Å². The highest BCUT2D eigenvalue weighted by molar-refractivity contribution is 6.19. The van der Waals surface area contributed by atoms with Crippen LogP contribution in [0.2, 0.25) is 0 Å². The third kappa shape index (κ3) is 2.67. The standard InChI is InChI=1S/C18H20FN3O3/c19-12-5-7-13(8-6-12)22-17(24)15-14(20-18(22)25)9-10-21(15)16(23)11-3-1-2-4-11/h5-8,11,14-15H,1-4,9-10H2,(H,20,25). The average molecular weight is 345 g/mol. The van der Waals surface area contributed by atoms with E-state index in [1.807, 2.05) is 0 Å². The van der Waals surface area contributed by atoms with Gasteiger partial charge >= 0.3 is 6.03 Å². The number of anilines is 1. The number of hydrogen-bond acceptors (Lipinski definition) is 3. The molecule has 6 nitrogen and oxygen atoms in total. The molecule has 2 aliphatic heterocycles. The van der Waals surface area contributed by atoms with Gasteiger partial charge in [0.15, 0.2) is 0 Å². The second kappa shape index (κ2) is 6.13. The summed E-state index contributed by atoms with van der Waals surface area (Å²) < 4.78 is 13.1. The first kappa shape index (κ1) is 16.1. The molecule has 3 fully saturated rings. The van der Waals surface area contributed by atoms with Crippen molar-refractivity contribution in [1.29, 1.82) is 0 Å². The largest absolute Gasteiger partial charge is 0.332 e. The molecular formula is C18H20FN3O3. The number of nitrogens with zero attached hydrogens (tertiary/aromatic N) is 2. The molecular weight excluding hydrogens is 325 g/mol. The summed E-state index contributed by atoms with van der Waals surface area (Å²) in [6.07, 6.45) is 4.41. The van der Waals surface area contributed by atoms with Crippen LogP contribution in [0.3, 0.4) is 0 Å². The van der Waals surface area contributed by atoms with Gasteiger partial charge < -0.3 is 10.2 Å². The van der Waals surface area contributed by atoms with E-state index in [2.05, 4.69) is 5.32 Å². The van der Waals surface area contributed by atoms with Gasteiger partial charge in [-0.05, 0) is 43.5 Å². The molecule has 0 spiro atoms. The summed E-state index contributed by atoms with van der Waals surface area (Å²) in [4.78, 5) is 40.8. The van der Waals surface area contributed by atoms with E-state index < -0.39 is 23.8 Å². The predicted octanol–water partition coefficient (Wildman–Crippen LogP) is 2.04. The lowest BCUT2D eigenvalue weighted by molar-refractivity contribution is -0.141. The van der Waals surface area contributed by atoms with Crippen molar-refractivity contribution >= 4 is 23.5 Å². The van der Waals surface area contributed by atoms with E-state index in [1.54, 1.807) is 4.90 Å². The minimum Gasteiger partial charge on any atom is -0.332 e. The summed E-state index contributed by atoms with van der Waals surface area (Å²) in [6.45, 7) is 0.480. The highest BCUT2D eigenvalue weighted by Crippen LogP contribution is 2.32. The number of imide groups is 1. The van der Waals surface area contributed by atoms with Crippen LogP contribution >= 0.6 is 0 Å². The van der Waals surface area contributed by atoms with E-state index in [9.17, 15) is 18.8 Å². The molecule has 7 heteroatoms. The van der Waals surface area contributed by atoms with Crippen molar-refractivity contribution in [3.63, 3.8) is 0 Å². The minimum atomic E-state index is -0.671. The van der Waals surface area contributed by atoms with Crippen LogP contribution in [0.4, 0.5) is 14.9 Å². The maximum absolute atomic E-state index is 13.1. The van der Waals surface area contributed by atoms with E-state index in [-0.39, 0.29) is 17.9 Å². The number of nitrogens with one attached hydrogen (secondary N) is 1. The fourth-order valence-electron chi connectivity index (χ4n) is 4.19. The average Bonchev–Trinajstić information content (AvgIpc) is 3.25. The number of halogens is 1. The molecule has 0 radical (unpaired) electrons. The highest BCUT2D eigenvalue weighted by atomic mass is 19.1. The second-order valence-corrected chi connectivity index (χ2v) is 6.95. The highest BCUT2D eigenvalue weighted by Gasteiger charge is 2.50. The summed E-state index contributed by atoms with van der Waals surface area (Å²) >= 11 is 0. The van der Waals surface area contributed by atoms with Gasteiger partial charge in [-0.15, -0.1) is 0 Å². The fraction of sp³-hybridized carbons (Fsp3) is 0.500. The van der Waals surface area contributed by atoms with Gasteiger partial charge in [-0.2, -0.15) is 0 Å². The van der Waals surface area contributed by atoms with Crippen LogP contribution < -0.4 is 10.2 Å². The van der Waals surface area contributed by atoms with Crippen molar-refractivity contribution < 1.29 is 18.8 Å². The number of rotatable bonds is 2. The molecule has 2 heterocycles. The molecule has 1 aliphatic carbocycles. The van der Waals surface area contributed by atoms with E-state index >= 15 is 0 Å². The maximum atomic E-state index is 13.1. The molecule has 3 aliphatic rings. The zero-order valence-electron chi connectivity index (χ0n) is 13.8. The Morgan fingerprint density at radius 3 is 2.44 bits per heavy atom. The van der Waals surface area contributed by atoms with Crippen molar-refractivity contribution in [2.45, 2.75) is 44.2 Å². The lowest BCUT2D eigenvalue weighted by Gasteiger charge is -2.37. The third-order valence-electron chi connectivity index (χ3n) is 5.46. The first-order chi connectivity index (χ1) is 12.1. The summed E-state index contributed by atoms with van der Waals surface area (Å²) in [5, 5.41) is 2.83. The molecule has 1 N–H and O–H groups in total. The Labute approximate surface area is 145 Å². The molecule has 132 valence electrons. The first-order valence-electron chi connectivity index (χ1n) is 8.77. The molecule has 1 aromatic rings. The van der Waals surface area contributed by atoms with Gasteiger partial charge in [0.2, 0.25) is 5.91 Å². The zero-order chi connectivity index (χ0) is 17.6. The number of amides is 4. The Kier molecular flexibility index (Phi) is 3.94. The van der Waals surface area contributed by atoms with Gasteiger partial charge in [0.25, 0.3) is 5.91 Å². The molecule has 2 unspecified atom stereocenters. The van der Waals surface area contributed by atoms with Crippen LogP contribution in [0, 0.1) is 11.7 Å². The fourth-order valence-corrected chi connectivity index (χ4v) is 4.19. The summed E-state index contributed by atoms with van der Waals surface area (Å²) in [7, 11) is 0. The van der Waals surface area contributed by atoms with Gasteiger partial charge in [0, 0.05) is 12.5 Å². The molecule has 4 amide bonds. The van der Waals surface area contributed by atoms with Gasteiger partial charge in [-0.1, -0.05) is 12.8 Å². The SMILES string of the molecule is O=C1NC2CCN(C(=O)C3CCCC3)C2C(=O)N1c1ccc(F)cc1. The molecule has 2 saturated heterocycles. The number of urea groups is 1. The van der Waals surface area contributed by atoms with Gasteiger partial charge in [-0.25, -0.2) is 14.1 Å². The summed E-state index contributed by atoms with van der Waals surface area (Å²) in [6, 6.07) is 3.66. The monoisotopic (exact) mass is 345 g/mol. The number of carbonyl (C=O) groups excluding carboxylic acids is 3. The van der Waals surface area contributed by atoms with Crippen LogP contribution in [-0.4, -0.2) is 41.4 Å². The van der Waals surface area contributed by atoms with Crippen LogP contribution in [0.15, 0.2) is 24.3 Å². The molecule has 1 saturated carbocycles. The van der Waals surface area contributed by atoms with Gasteiger partial charge in [-0.3, -0.25) is 9.59 Å². The number of hydrogen-bond donors (Lipinski definition) is 1. The second-order valence-electron chi connectivity index (χ2n) is 6.95. The molecule has 25 heavy (non-hydrogen) atoms. The lowest BCUT2D eigenvalue weighted by atomic mass is 10.0. The Morgan fingerprint density at radius 1 is 1.08 bits per heavy atom. The van der Waals surface area contributed by atoms with Crippen LogP contribution in [0.5, 0.6) is 0 Å². The lowest BCUT2D eigenvalue weighted by Crippen LogP contribution is -2.65. The van der Waals surface area contributed by atoms with Crippen molar-refractivity contribution in [3.05, 3.63) is 30.1 Å². The van der Waals surface area contributed by atoms with Crippen LogP contribution in [0.1, 0.15) is 32.1 Å². The Bertz CT molecular complexity index is 715. The Hall–Kier alpha value is -2.44. The van der Waals surface area contributed by atoms with E-state index in [1.165, 1.54) is 24.3 Å². The molecule has 2 atom stereocenters. The van der Waals surface area contributed by atoms with E-state index in [0.717, 1.165) is 30.6 Å². The number of likely N-dealkylation sites (tertiary alicyclic amines) is 1. The first-order valence-corrected chi connectivity index (χ1v) is 8.77. The number of fused-ring (bicyclic) bond motifs is 1. The number of carbonyl (C=O) groups is 3. The zero-order valence-corrected chi connectivity index (χ0v) is 13.8. The summed E-state index contributed by atoms with van der Waals surface area (Å²) in [5.74, 6) is -0.841. The molecule has 0 aromatic heterocycles. The smallest absolute Gasteiger partial charge is 0.329 e. The normalized spacial score (nSPS) is 26.8. The molecule has 0 bridgehead atoms. The van der Waals surface area contributed by atoms with Gasteiger partial charge in [0.05, 0.1) is 11.7 Å². The minimum absolute atomic E-state index is 0.0107. The van der Waals surface area contributed by atoms with Crippen LogP contribution in [0.25, 0.3) is 0 Å². The quantitative estimate of drug-likeness (QED) is 0.892. The number of benzene rings is 1. The van der Waals surface area contributed by atoms with E-state index in [0.29, 0.717) is 18.7 Å². The topological polar surface area (TPSA) is 69.7 Å². The Balaban J connectivity index is 1.61. The van der Waals surface area contributed by atoms with Crippen LogP contribution in [-0.2, 0) is 9.59 Å². The van der Waals surface area contributed by atoms with Crippen molar-refractivity contribution in [2.24, 2.45) is 5.92 Å². The predicted molar refractivity (Wildman–Crippen MR) is 88.3 cm³/mol.